The van der Waals surface area contributed by atoms with E-state index in [1.807, 2.05) is 26.8 Å². The van der Waals surface area contributed by atoms with Gasteiger partial charge in [-0.15, -0.1) is 0 Å². The monoisotopic (exact) mass is 232 g/mol. The van der Waals surface area contributed by atoms with Crippen LogP contribution in [0, 0.1) is 6.92 Å². The molecule has 17 heavy (non-hydrogen) atoms. The third kappa shape index (κ3) is 2.34. The second-order valence-electron chi connectivity index (χ2n) is 4.36. The van der Waals surface area contributed by atoms with E-state index < -0.39 is 0 Å². The summed E-state index contributed by atoms with van der Waals surface area (Å²) in [6, 6.07) is 1.53. The number of aryl methyl sites for hydroxylation is 1. The molecule has 0 saturated carbocycles. The van der Waals surface area contributed by atoms with Crippen molar-refractivity contribution in [3.05, 3.63) is 41.3 Å². The van der Waals surface area contributed by atoms with E-state index in [0.717, 1.165) is 11.1 Å². The van der Waals surface area contributed by atoms with Gasteiger partial charge in [0.1, 0.15) is 0 Å². The van der Waals surface area contributed by atoms with Crippen LogP contribution < -0.4 is 5.73 Å². The predicted molar refractivity (Wildman–Crippen MR) is 63.4 cm³/mol. The normalized spacial score (nSPS) is 13.0. The number of aromatic nitrogens is 3. The lowest BCUT2D eigenvalue weighted by Gasteiger charge is -2.09. The zero-order chi connectivity index (χ0) is 12.4. The molecule has 1 atom stereocenters. The van der Waals surface area contributed by atoms with Crippen LogP contribution in [-0.4, -0.2) is 15.1 Å². The van der Waals surface area contributed by atoms with Crippen molar-refractivity contribution < 1.29 is 4.52 Å². The van der Waals surface area contributed by atoms with Crippen molar-refractivity contribution in [1.29, 1.82) is 0 Å². The third-order valence-corrected chi connectivity index (χ3v) is 2.64. The maximum atomic E-state index is 6.11. The van der Waals surface area contributed by atoms with Gasteiger partial charge in [0, 0.05) is 18.3 Å². The van der Waals surface area contributed by atoms with Gasteiger partial charge in [-0.1, -0.05) is 19.0 Å². The van der Waals surface area contributed by atoms with E-state index in [-0.39, 0.29) is 12.0 Å². The summed E-state index contributed by atoms with van der Waals surface area (Å²) in [6.07, 6.45) is 3.48. The zero-order valence-electron chi connectivity index (χ0n) is 10.2. The fourth-order valence-electron chi connectivity index (χ4n) is 1.55. The molecule has 0 aliphatic heterocycles. The van der Waals surface area contributed by atoms with Crippen LogP contribution in [0.25, 0.3) is 0 Å². The van der Waals surface area contributed by atoms with Gasteiger partial charge in [0.05, 0.1) is 6.04 Å². The maximum absolute atomic E-state index is 6.11. The molecule has 2 aromatic heterocycles. The molecule has 0 aliphatic carbocycles. The van der Waals surface area contributed by atoms with Crippen LogP contribution in [0.1, 0.15) is 48.6 Å². The molecule has 0 aliphatic rings. The summed E-state index contributed by atoms with van der Waals surface area (Å²) >= 11 is 0. The van der Waals surface area contributed by atoms with Gasteiger partial charge < -0.3 is 10.3 Å². The Balaban J connectivity index is 2.31. The van der Waals surface area contributed by atoms with Crippen molar-refractivity contribution in [1.82, 2.24) is 15.1 Å². The first kappa shape index (κ1) is 11.7. The van der Waals surface area contributed by atoms with E-state index in [2.05, 4.69) is 15.1 Å². The Hall–Kier alpha value is -1.75. The molecular weight excluding hydrogens is 216 g/mol. The fraction of sp³-hybridized carbons (Fsp3) is 0.417. The Morgan fingerprint density at radius 2 is 2.12 bits per heavy atom. The Bertz CT molecular complexity index is 507. The highest BCUT2D eigenvalue weighted by atomic mass is 16.5. The molecule has 2 N–H and O–H groups in total. The molecule has 2 aromatic rings. The second kappa shape index (κ2) is 4.63. The van der Waals surface area contributed by atoms with E-state index in [4.69, 9.17) is 10.3 Å². The molecular formula is C12H16N4O. The number of nitrogens with zero attached hydrogens (tertiary/aromatic N) is 3. The molecule has 5 nitrogen and oxygen atoms in total. The number of pyridine rings is 1. The molecule has 0 radical (unpaired) electrons. The van der Waals surface area contributed by atoms with Gasteiger partial charge in [-0.3, -0.25) is 4.98 Å². The number of hydrogen-bond donors (Lipinski definition) is 1. The van der Waals surface area contributed by atoms with E-state index in [1.54, 1.807) is 12.4 Å². The van der Waals surface area contributed by atoms with E-state index in [9.17, 15) is 0 Å². The van der Waals surface area contributed by atoms with E-state index >= 15 is 0 Å². The summed E-state index contributed by atoms with van der Waals surface area (Å²) in [5.41, 5.74) is 8.10. The number of hydrogen-bond acceptors (Lipinski definition) is 5. The Morgan fingerprint density at radius 3 is 2.71 bits per heavy atom. The van der Waals surface area contributed by atoms with Crippen molar-refractivity contribution in [2.45, 2.75) is 32.7 Å². The molecule has 2 heterocycles. The third-order valence-electron chi connectivity index (χ3n) is 2.64. The van der Waals surface area contributed by atoms with Crippen LogP contribution in [0.2, 0.25) is 0 Å². The van der Waals surface area contributed by atoms with Crippen molar-refractivity contribution in [2.24, 2.45) is 5.73 Å². The highest BCUT2D eigenvalue weighted by molar-refractivity contribution is 5.28. The SMILES string of the molecule is Cc1ccncc1C(N)c1noc(C(C)C)n1. The van der Waals surface area contributed by atoms with Crippen molar-refractivity contribution in [3.8, 4) is 0 Å². The number of nitrogens with two attached hydrogens (primary N) is 1. The quantitative estimate of drug-likeness (QED) is 0.875. The Morgan fingerprint density at radius 1 is 1.35 bits per heavy atom. The van der Waals surface area contributed by atoms with Gasteiger partial charge in [0.2, 0.25) is 5.89 Å². The van der Waals surface area contributed by atoms with Gasteiger partial charge in [-0.05, 0) is 24.1 Å². The first-order chi connectivity index (χ1) is 8.09. The average Bonchev–Trinajstić information content (AvgIpc) is 2.78. The smallest absolute Gasteiger partial charge is 0.229 e. The molecule has 5 heteroatoms. The highest BCUT2D eigenvalue weighted by Gasteiger charge is 2.19. The van der Waals surface area contributed by atoms with Crippen molar-refractivity contribution >= 4 is 0 Å². The summed E-state index contributed by atoms with van der Waals surface area (Å²) in [5.74, 6) is 1.32. The molecule has 2 rings (SSSR count). The zero-order valence-corrected chi connectivity index (χ0v) is 10.2. The molecule has 1 unspecified atom stereocenters. The molecule has 0 aromatic carbocycles. The minimum absolute atomic E-state index is 0.207. The minimum atomic E-state index is -0.389. The minimum Gasteiger partial charge on any atom is -0.339 e. The molecule has 0 fully saturated rings. The molecule has 0 saturated heterocycles. The Kier molecular flexibility index (Phi) is 3.19. The van der Waals surface area contributed by atoms with Crippen LogP contribution in [0.4, 0.5) is 0 Å². The van der Waals surface area contributed by atoms with Gasteiger partial charge in [0.15, 0.2) is 5.82 Å². The van der Waals surface area contributed by atoms with Gasteiger partial charge in [-0.25, -0.2) is 0 Å². The lowest BCUT2D eigenvalue weighted by molar-refractivity contribution is 0.359. The van der Waals surface area contributed by atoms with E-state index in [0.29, 0.717) is 11.7 Å². The van der Waals surface area contributed by atoms with Crippen LogP contribution in [0.5, 0.6) is 0 Å². The summed E-state index contributed by atoms with van der Waals surface area (Å²) in [5, 5.41) is 3.92. The largest absolute Gasteiger partial charge is 0.339 e. The van der Waals surface area contributed by atoms with Crippen LogP contribution in [0.3, 0.4) is 0 Å². The van der Waals surface area contributed by atoms with Gasteiger partial charge in [0.25, 0.3) is 0 Å². The Labute approximate surface area is 100 Å². The molecule has 90 valence electrons. The average molecular weight is 232 g/mol. The topological polar surface area (TPSA) is 77.8 Å². The van der Waals surface area contributed by atoms with Crippen molar-refractivity contribution in [2.75, 3.05) is 0 Å². The second-order valence-corrected chi connectivity index (χ2v) is 4.36. The summed E-state index contributed by atoms with van der Waals surface area (Å²) in [4.78, 5) is 8.36. The van der Waals surface area contributed by atoms with Gasteiger partial charge in [-0.2, -0.15) is 4.98 Å². The number of rotatable bonds is 3. The first-order valence-corrected chi connectivity index (χ1v) is 5.59. The van der Waals surface area contributed by atoms with Crippen LogP contribution >= 0.6 is 0 Å². The van der Waals surface area contributed by atoms with Gasteiger partial charge >= 0.3 is 0 Å². The summed E-state index contributed by atoms with van der Waals surface area (Å²) in [7, 11) is 0. The molecule has 0 spiro atoms. The lowest BCUT2D eigenvalue weighted by atomic mass is 10.0. The first-order valence-electron chi connectivity index (χ1n) is 5.59. The van der Waals surface area contributed by atoms with Crippen molar-refractivity contribution in [3.63, 3.8) is 0 Å². The molecule has 0 bridgehead atoms. The fourth-order valence-corrected chi connectivity index (χ4v) is 1.55. The summed E-state index contributed by atoms with van der Waals surface area (Å²) in [6.45, 7) is 5.98. The summed E-state index contributed by atoms with van der Waals surface area (Å²) < 4.78 is 5.15. The van der Waals surface area contributed by atoms with E-state index in [1.165, 1.54) is 0 Å². The predicted octanol–water partition coefficient (Wildman–Crippen LogP) is 1.94. The standard InChI is InChI=1S/C12H16N4O/c1-7(2)12-15-11(16-17-12)10(13)9-6-14-5-4-8(9)3/h4-7,10H,13H2,1-3H3. The van der Waals surface area contributed by atoms with Crippen LogP contribution in [0.15, 0.2) is 23.0 Å². The lowest BCUT2D eigenvalue weighted by Crippen LogP contribution is -2.15. The molecule has 0 amide bonds. The highest BCUT2D eigenvalue weighted by Crippen LogP contribution is 2.21. The van der Waals surface area contributed by atoms with Crippen LogP contribution in [-0.2, 0) is 0 Å². The maximum Gasteiger partial charge on any atom is 0.229 e.